The second kappa shape index (κ2) is 5.30. The maximum absolute atomic E-state index is 12.7. The number of halogens is 4. The summed E-state index contributed by atoms with van der Waals surface area (Å²) in [4.78, 5) is 0. The van der Waals surface area contributed by atoms with Crippen molar-refractivity contribution in [3.8, 4) is 0 Å². The maximum atomic E-state index is 12.7. The zero-order valence-corrected chi connectivity index (χ0v) is 9.93. The van der Waals surface area contributed by atoms with E-state index in [0.717, 1.165) is 0 Å². The van der Waals surface area contributed by atoms with Crippen LogP contribution in [0.15, 0.2) is 0 Å². The van der Waals surface area contributed by atoms with Gasteiger partial charge in [0.2, 0.25) is 0 Å². The molecule has 0 aromatic carbocycles. The Balaban J connectivity index is 1.74. The molecule has 1 aliphatic heterocycles. The average Bonchev–Trinajstić information content (AvgIpc) is 2.77. The monoisotopic (exact) mass is 271 g/mol. The summed E-state index contributed by atoms with van der Waals surface area (Å²) < 4.78 is 60.4. The van der Waals surface area contributed by atoms with Crippen LogP contribution in [0.5, 0.6) is 0 Å². The summed E-state index contributed by atoms with van der Waals surface area (Å²) in [5, 5.41) is 2.51. The first-order valence-electron chi connectivity index (χ1n) is 6.11. The number of ether oxygens (including phenoxy) is 2. The standard InChI is InChI=1S/C11H17F4NO2/c12-9(13)11(14,15)7-16-8-1-3-10(4-2-8)17-5-6-18-10/h8-9,16H,1-7H2. The summed E-state index contributed by atoms with van der Waals surface area (Å²) in [6.45, 7) is 0.132. The van der Waals surface area contributed by atoms with Crippen molar-refractivity contribution in [2.24, 2.45) is 0 Å². The van der Waals surface area contributed by atoms with E-state index >= 15 is 0 Å². The fourth-order valence-corrected chi connectivity index (χ4v) is 2.40. The van der Waals surface area contributed by atoms with Gasteiger partial charge in [0.25, 0.3) is 0 Å². The van der Waals surface area contributed by atoms with E-state index in [-0.39, 0.29) is 6.04 Å². The van der Waals surface area contributed by atoms with Crippen molar-refractivity contribution in [2.45, 2.75) is 49.9 Å². The van der Waals surface area contributed by atoms with Gasteiger partial charge in [0.15, 0.2) is 5.79 Å². The van der Waals surface area contributed by atoms with Crippen molar-refractivity contribution in [3.63, 3.8) is 0 Å². The molecule has 1 saturated heterocycles. The van der Waals surface area contributed by atoms with Crippen molar-refractivity contribution in [1.82, 2.24) is 5.32 Å². The summed E-state index contributed by atoms with van der Waals surface area (Å²) in [5.74, 6) is -4.51. The first kappa shape index (κ1) is 14.0. The number of hydrogen-bond donors (Lipinski definition) is 1. The van der Waals surface area contributed by atoms with E-state index in [1.165, 1.54) is 0 Å². The molecule has 1 aliphatic carbocycles. The van der Waals surface area contributed by atoms with Crippen molar-refractivity contribution >= 4 is 0 Å². The van der Waals surface area contributed by atoms with Crippen LogP contribution in [0.1, 0.15) is 25.7 Å². The van der Waals surface area contributed by atoms with Gasteiger partial charge in [-0.05, 0) is 12.8 Å². The Labute approximate surface area is 103 Å². The quantitative estimate of drug-likeness (QED) is 0.795. The van der Waals surface area contributed by atoms with Crippen molar-refractivity contribution < 1.29 is 27.0 Å². The molecule has 0 aromatic heterocycles. The van der Waals surface area contributed by atoms with E-state index in [1.54, 1.807) is 0 Å². The normalized spacial score (nSPS) is 25.2. The minimum absolute atomic E-state index is 0.173. The van der Waals surface area contributed by atoms with Gasteiger partial charge in [-0.15, -0.1) is 0 Å². The van der Waals surface area contributed by atoms with Gasteiger partial charge in [0.05, 0.1) is 19.8 Å². The van der Waals surface area contributed by atoms with Gasteiger partial charge in [0, 0.05) is 18.9 Å². The predicted molar refractivity (Wildman–Crippen MR) is 55.8 cm³/mol. The minimum atomic E-state index is -3.96. The minimum Gasteiger partial charge on any atom is -0.348 e. The topological polar surface area (TPSA) is 30.5 Å². The third-order valence-corrected chi connectivity index (χ3v) is 3.51. The molecule has 0 unspecified atom stereocenters. The van der Waals surface area contributed by atoms with E-state index < -0.39 is 24.7 Å². The highest BCUT2D eigenvalue weighted by molar-refractivity contribution is 4.86. The first-order chi connectivity index (χ1) is 8.44. The first-order valence-corrected chi connectivity index (χ1v) is 6.11. The van der Waals surface area contributed by atoms with E-state index in [2.05, 4.69) is 5.32 Å². The van der Waals surface area contributed by atoms with Crippen molar-refractivity contribution in [2.75, 3.05) is 19.8 Å². The zero-order chi connectivity index (χ0) is 13.2. The molecule has 18 heavy (non-hydrogen) atoms. The highest BCUT2D eigenvalue weighted by Gasteiger charge is 2.43. The number of rotatable bonds is 4. The zero-order valence-electron chi connectivity index (χ0n) is 9.93. The molecule has 0 radical (unpaired) electrons. The van der Waals surface area contributed by atoms with Crippen LogP contribution in [-0.4, -0.2) is 43.9 Å². The lowest BCUT2D eigenvalue weighted by molar-refractivity contribution is -0.180. The Morgan fingerprint density at radius 1 is 1.17 bits per heavy atom. The number of hydrogen-bond acceptors (Lipinski definition) is 3. The van der Waals surface area contributed by atoms with Crippen LogP contribution < -0.4 is 5.32 Å². The van der Waals surface area contributed by atoms with E-state index in [4.69, 9.17) is 9.47 Å². The van der Waals surface area contributed by atoms with Crippen LogP contribution in [-0.2, 0) is 9.47 Å². The Kier molecular flexibility index (Phi) is 4.13. The van der Waals surface area contributed by atoms with E-state index in [0.29, 0.717) is 38.9 Å². The number of alkyl halides is 4. The molecule has 3 nitrogen and oxygen atoms in total. The summed E-state index contributed by atoms with van der Waals surface area (Å²) in [5.41, 5.74) is 0. The third-order valence-electron chi connectivity index (χ3n) is 3.51. The predicted octanol–water partition coefficient (Wildman–Crippen LogP) is 2.16. The van der Waals surface area contributed by atoms with Gasteiger partial charge in [-0.25, -0.2) is 8.78 Å². The van der Waals surface area contributed by atoms with Crippen LogP contribution in [0.4, 0.5) is 17.6 Å². The summed E-state index contributed by atoms with van der Waals surface area (Å²) >= 11 is 0. The Bertz CT molecular complexity index is 272. The highest BCUT2D eigenvalue weighted by atomic mass is 19.3. The molecule has 106 valence electrons. The molecule has 2 fully saturated rings. The van der Waals surface area contributed by atoms with Crippen molar-refractivity contribution in [1.29, 1.82) is 0 Å². The maximum Gasteiger partial charge on any atom is 0.319 e. The van der Waals surface area contributed by atoms with Gasteiger partial charge in [-0.2, -0.15) is 8.78 Å². The Morgan fingerprint density at radius 2 is 1.72 bits per heavy atom. The molecule has 0 amide bonds. The fourth-order valence-electron chi connectivity index (χ4n) is 2.40. The molecule has 0 atom stereocenters. The second-order valence-corrected chi connectivity index (χ2v) is 4.82. The summed E-state index contributed by atoms with van der Waals surface area (Å²) in [7, 11) is 0. The van der Waals surface area contributed by atoms with E-state index in [1.807, 2.05) is 0 Å². The molecule has 1 saturated carbocycles. The molecule has 1 spiro atoms. The van der Waals surface area contributed by atoms with Crippen LogP contribution in [0.25, 0.3) is 0 Å². The van der Waals surface area contributed by atoms with Crippen LogP contribution in [0, 0.1) is 0 Å². The molecule has 1 heterocycles. The van der Waals surface area contributed by atoms with Gasteiger partial charge < -0.3 is 14.8 Å². The Morgan fingerprint density at radius 3 is 2.22 bits per heavy atom. The van der Waals surface area contributed by atoms with Gasteiger partial charge in [-0.3, -0.25) is 0 Å². The molecule has 2 rings (SSSR count). The lowest BCUT2D eigenvalue weighted by Gasteiger charge is -2.36. The highest BCUT2D eigenvalue weighted by Crippen LogP contribution is 2.36. The molecule has 1 N–H and O–H groups in total. The molecular formula is C11H17F4NO2. The lowest BCUT2D eigenvalue weighted by atomic mass is 9.90. The molecule has 0 bridgehead atoms. The summed E-state index contributed by atoms with van der Waals surface area (Å²) in [6.07, 6.45) is -1.20. The molecule has 7 heteroatoms. The largest absolute Gasteiger partial charge is 0.348 e. The molecular weight excluding hydrogens is 254 g/mol. The smallest absolute Gasteiger partial charge is 0.319 e. The van der Waals surface area contributed by atoms with E-state index in [9.17, 15) is 17.6 Å². The SMILES string of the molecule is FC(F)C(F)(F)CNC1CCC2(CC1)OCCO2. The van der Waals surface area contributed by atoms with Crippen LogP contribution in [0.3, 0.4) is 0 Å². The van der Waals surface area contributed by atoms with Gasteiger partial charge >= 0.3 is 12.3 Å². The second-order valence-electron chi connectivity index (χ2n) is 4.82. The molecule has 0 aromatic rings. The summed E-state index contributed by atoms with van der Waals surface area (Å²) in [6, 6.07) is -0.173. The third kappa shape index (κ3) is 3.13. The Hall–Kier alpha value is -0.400. The fraction of sp³-hybridized carbons (Fsp3) is 1.00. The number of nitrogens with one attached hydrogen (secondary N) is 1. The van der Waals surface area contributed by atoms with Gasteiger partial charge in [0.1, 0.15) is 0 Å². The van der Waals surface area contributed by atoms with Crippen LogP contribution >= 0.6 is 0 Å². The lowest BCUT2D eigenvalue weighted by Crippen LogP contribution is -2.47. The van der Waals surface area contributed by atoms with Gasteiger partial charge in [-0.1, -0.05) is 0 Å². The van der Waals surface area contributed by atoms with Crippen molar-refractivity contribution in [3.05, 3.63) is 0 Å². The van der Waals surface area contributed by atoms with Crippen LogP contribution in [0.2, 0.25) is 0 Å². The average molecular weight is 271 g/mol. The molecule has 2 aliphatic rings.